The van der Waals surface area contributed by atoms with Gasteiger partial charge >= 0.3 is 6.61 Å². The molecule has 2 fully saturated rings. The van der Waals surface area contributed by atoms with Gasteiger partial charge in [0.05, 0.1) is 20.3 Å². The molecule has 1 atom stereocenters. The second kappa shape index (κ2) is 9.14. The maximum Gasteiger partial charge on any atom is 0.387 e. The Bertz CT molecular complexity index is 676. The Kier molecular flexibility index (Phi) is 6.63. The summed E-state index contributed by atoms with van der Waals surface area (Å²) in [5.74, 6) is 0.207. The number of nitrogens with zero attached hydrogens (tertiary/aromatic N) is 1. The highest BCUT2D eigenvalue weighted by molar-refractivity contribution is 5.92. The van der Waals surface area contributed by atoms with Gasteiger partial charge in [-0.3, -0.25) is 4.79 Å². The van der Waals surface area contributed by atoms with E-state index < -0.39 is 6.61 Å². The Balaban J connectivity index is 1.62. The number of amides is 1. The van der Waals surface area contributed by atoms with Gasteiger partial charge in [-0.2, -0.15) is 8.78 Å². The minimum absolute atomic E-state index is 0.0496. The van der Waals surface area contributed by atoms with Crippen molar-refractivity contribution in [2.75, 3.05) is 33.4 Å². The number of likely N-dealkylation sites (tertiary alicyclic amines) is 1. The standard InChI is InChI=1S/C19H23F2NO5/c1-24-16-11-13(4-6-15(16)27-19(20)21)5-7-17(23)22-8-2-3-14(12-22)18-25-9-10-26-18/h4-7,11,14,18-19H,2-3,8-10,12H2,1H3/b7-5+. The maximum atomic E-state index is 12.5. The van der Waals surface area contributed by atoms with Gasteiger partial charge in [0.1, 0.15) is 0 Å². The van der Waals surface area contributed by atoms with Gasteiger partial charge in [0.2, 0.25) is 5.91 Å². The van der Waals surface area contributed by atoms with Crippen molar-refractivity contribution in [3.05, 3.63) is 29.8 Å². The lowest BCUT2D eigenvalue weighted by atomic mass is 9.97. The molecule has 8 heteroatoms. The number of rotatable bonds is 6. The highest BCUT2D eigenvalue weighted by Gasteiger charge is 2.32. The van der Waals surface area contributed by atoms with E-state index in [1.165, 1.54) is 19.3 Å². The zero-order valence-electron chi connectivity index (χ0n) is 15.1. The molecule has 1 unspecified atom stereocenters. The van der Waals surface area contributed by atoms with E-state index in [-0.39, 0.29) is 29.6 Å². The smallest absolute Gasteiger partial charge is 0.387 e. The van der Waals surface area contributed by atoms with Crippen LogP contribution in [0.2, 0.25) is 0 Å². The van der Waals surface area contributed by atoms with Crippen LogP contribution in [-0.2, 0) is 14.3 Å². The van der Waals surface area contributed by atoms with Crippen LogP contribution in [0.3, 0.4) is 0 Å². The van der Waals surface area contributed by atoms with Crippen molar-refractivity contribution in [2.24, 2.45) is 5.92 Å². The van der Waals surface area contributed by atoms with Crippen LogP contribution in [0.1, 0.15) is 18.4 Å². The SMILES string of the molecule is COc1cc(/C=C/C(=O)N2CCCC(C3OCCO3)C2)ccc1OC(F)F. The van der Waals surface area contributed by atoms with Crippen molar-refractivity contribution in [1.82, 2.24) is 4.90 Å². The van der Waals surface area contributed by atoms with Gasteiger partial charge in [-0.15, -0.1) is 0 Å². The summed E-state index contributed by atoms with van der Waals surface area (Å²) in [7, 11) is 1.37. The fraction of sp³-hybridized carbons (Fsp3) is 0.526. The molecular formula is C19H23F2NO5. The minimum Gasteiger partial charge on any atom is -0.493 e. The van der Waals surface area contributed by atoms with E-state index in [0.717, 1.165) is 12.8 Å². The van der Waals surface area contributed by atoms with Crippen molar-refractivity contribution in [2.45, 2.75) is 25.7 Å². The molecular weight excluding hydrogens is 360 g/mol. The lowest BCUT2D eigenvalue weighted by Gasteiger charge is -2.34. The summed E-state index contributed by atoms with van der Waals surface area (Å²) >= 11 is 0. The van der Waals surface area contributed by atoms with Gasteiger partial charge in [0.15, 0.2) is 17.8 Å². The minimum atomic E-state index is -2.93. The Morgan fingerprint density at radius 1 is 1.30 bits per heavy atom. The lowest BCUT2D eigenvalue weighted by molar-refractivity contribution is -0.134. The van der Waals surface area contributed by atoms with Crippen LogP contribution in [0.25, 0.3) is 6.08 Å². The summed E-state index contributed by atoms with van der Waals surface area (Å²) in [6, 6.07) is 4.52. The van der Waals surface area contributed by atoms with Gasteiger partial charge in [-0.25, -0.2) is 0 Å². The molecule has 2 aliphatic heterocycles. The third-order valence-corrected chi connectivity index (χ3v) is 4.62. The van der Waals surface area contributed by atoms with E-state index in [1.807, 2.05) is 0 Å². The molecule has 0 bridgehead atoms. The molecule has 0 spiro atoms. The molecule has 148 valence electrons. The maximum absolute atomic E-state index is 12.5. The molecule has 1 aromatic carbocycles. The van der Waals surface area contributed by atoms with Crippen molar-refractivity contribution < 1.29 is 32.5 Å². The van der Waals surface area contributed by atoms with E-state index >= 15 is 0 Å². The number of methoxy groups -OCH3 is 1. The number of carbonyl (C=O) groups excluding carboxylic acids is 1. The van der Waals surface area contributed by atoms with Gasteiger partial charge in [-0.1, -0.05) is 6.07 Å². The first-order valence-electron chi connectivity index (χ1n) is 8.90. The van der Waals surface area contributed by atoms with E-state index in [1.54, 1.807) is 23.1 Å². The van der Waals surface area contributed by atoms with Crippen molar-refractivity contribution in [1.29, 1.82) is 0 Å². The summed E-state index contributed by atoms with van der Waals surface area (Å²) in [6.07, 6.45) is 4.75. The molecule has 0 radical (unpaired) electrons. The molecule has 0 N–H and O–H groups in total. The predicted molar refractivity (Wildman–Crippen MR) is 93.7 cm³/mol. The quantitative estimate of drug-likeness (QED) is 0.707. The van der Waals surface area contributed by atoms with Crippen LogP contribution in [-0.4, -0.2) is 57.1 Å². The zero-order valence-corrected chi connectivity index (χ0v) is 15.1. The number of alkyl halides is 2. The molecule has 0 aliphatic carbocycles. The van der Waals surface area contributed by atoms with E-state index in [0.29, 0.717) is 31.9 Å². The Morgan fingerprint density at radius 2 is 2.07 bits per heavy atom. The molecule has 1 aromatic rings. The second-order valence-electron chi connectivity index (χ2n) is 6.42. The highest BCUT2D eigenvalue weighted by atomic mass is 19.3. The largest absolute Gasteiger partial charge is 0.493 e. The van der Waals surface area contributed by atoms with Gasteiger partial charge in [0.25, 0.3) is 0 Å². The summed E-state index contributed by atoms with van der Waals surface area (Å²) in [5.41, 5.74) is 0.651. The zero-order chi connectivity index (χ0) is 19.2. The van der Waals surface area contributed by atoms with Crippen LogP contribution in [0.4, 0.5) is 8.78 Å². The number of hydrogen-bond acceptors (Lipinski definition) is 5. The monoisotopic (exact) mass is 383 g/mol. The third kappa shape index (κ3) is 5.17. The normalized spacial score (nSPS) is 21.2. The number of benzene rings is 1. The summed E-state index contributed by atoms with van der Waals surface area (Å²) < 4.78 is 45.3. The van der Waals surface area contributed by atoms with Crippen molar-refractivity contribution in [3.63, 3.8) is 0 Å². The first kappa shape index (κ1) is 19.6. The molecule has 2 heterocycles. The molecule has 2 saturated heterocycles. The summed E-state index contributed by atoms with van der Waals surface area (Å²) in [4.78, 5) is 14.3. The fourth-order valence-electron chi connectivity index (χ4n) is 3.34. The number of halogens is 2. The van der Waals surface area contributed by atoms with Crippen LogP contribution in [0.5, 0.6) is 11.5 Å². The lowest BCUT2D eigenvalue weighted by Crippen LogP contribution is -2.43. The molecule has 27 heavy (non-hydrogen) atoms. The number of hydrogen-bond donors (Lipinski definition) is 0. The Hall–Kier alpha value is -2.19. The van der Waals surface area contributed by atoms with Crippen LogP contribution in [0.15, 0.2) is 24.3 Å². The average Bonchev–Trinajstić information content (AvgIpc) is 3.21. The Morgan fingerprint density at radius 3 is 2.78 bits per heavy atom. The second-order valence-corrected chi connectivity index (χ2v) is 6.42. The third-order valence-electron chi connectivity index (χ3n) is 4.62. The molecule has 2 aliphatic rings. The molecule has 0 saturated carbocycles. The van der Waals surface area contributed by atoms with E-state index in [4.69, 9.17) is 14.2 Å². The molecule has 3 rings (SSSR count). The average molecular weight is 383 g/mol. The highest BCUT2D eigenvalue weighted by Crippen LogP contribution is 2.30. The van der Waals surface area contributed by atoms with E-state index in [2.05, 4.69) is 4.74 Å². The number of ether oxygens (including phenoxy) is 4. The number of carbonyl (C=O) groups is 1. The number of piperidine rings is 1. The first-order valence-corrected chi connectivity index (χ1v) is 8.90. The topological polar surface area (TPSA) is 57.2 Å². The van der Waals surface area contributed by atoms with Crippen LogP contribution in [0, 0.1) is 5.92 Å². The van der Waals surface area contributed by atoms with Crippen LogP contribution < -0.4 is 9.47 Å². The first-order chi connectivity index (χ1) is 13.1. The van der Waals surface area contributed by atoms with E-state index in [9.17, 15) is 13.6 Å². The van der Waals surface area contributed by atoms with Gasteiger partial charge in [-0.05, 0) is 36.6 Å². The van der Waals surface area contributed by atoms with Crippen molar-refractivity contribution in [3.8, 4) is 11.5 Å². The van der Waals surface area contributed by atoms with Crippen molar-refractivity contribution >= 4 is 12.0 Å². The summed E-state index contributed by atoms with van der Waals surface area (Å²) in [5, 5.41) is 0. The van der Waals surface area contributed by atoms with Gasteiger partial charge < -0.3 is 23.8 Å². The Labute approximate surface area is 156 Å². The predicted octanol–water partition coefficient (Wildman–Crippen LogP) is 2.92. The fourth-order valence-corrected chi connectivity index (χ4v) is 3.34. The molecule has 1 amide bonds. The molecule has 0 aromatic heterocycles. The molecule has 6 nitrogen and oxygen atoms in total. The van der Waals surface area contributed by atoms with Crippen LogP contribution >= 0.6 is 0 Å². The van der Waals surface area contributed by atoms with Gasteiger partial charge in [0, 0.05) is 25.1 Å². The summed E-state index contributed by atoms with van der Waals surface area (Å²) in [6.45, 7) is -0.443.